The minimum atomic E-state index is -2.92. The van der Waals surface area contributed by atoms with Crippen LogP contribution in [0.5, 0.6) is 0 Å². The zero-order valence-electron chi connectivity index (χ0n) is 27.0. The third kappa shape index (κ3) is 8.37. The van der Waals surface area contributed by atoms with Crippen LogP contribution in [0.2, 0.25) is 5.04 Å². The standard InChI is InChI=1S/C38H46O6Si/c1-29(35(37(40)41-5)36(39)31-20-12-7-13-21-31)34(43-28-42-26-30-18-10-6-11-19-30)27-44-45(38(2,3)4,32-22-14-8-15-23-32)33-24-16-9-17-25-33/h6-25,29,34-36,39H,26-28H2,1-5H3/t29-,34-,35-,36-/m1/s1. The Bertz CT molecular complexity index is 1390. The van der Waals surface area contributed by atoms with Crippen LogP contribution in [-0.2, 0) is 30.0 Å². The second kappa shape index (κ2) is 16.1. The van der Waals surface area contributed by atoms with E-state index in [1.165, 1.54) is 7.11 Å². The molecule has 0 aliphatic heterocycles. The Morgan fingerprint density at radius 1 is 0.778 bits per heavy atom. The average molecular weight is 627 g/mol. The number of rotatable bonds is 15. The van der Waals surface area contributed by atoms with Crippen LogP contribution < -0.4 is 10.4 Å². The number of carbonyl (C=O) groups excluding carboxylic acids is 1. The molecule has 4 aromatic carbocycles. The Morgan fingerprint density at radius 3 is 1.76 bits per heavy atom. The molecular formula is C38H46O6Si. The molecule has 4 rings (SSSR count). The van der Waals surface area contributed by atoms with E-state index < -0.39 is 38.3 Å². The van der Waals surface area contributed by atoms with E-state index >= 15 is 0 Å². The number of aliphatic hydroxyl groups is 1. The van der Waals surface area contributed by atoms with Crippen molar-refractivity contribution < 1.29 is 28.5 Å². The molecule has 1 N–H and O–H groups in total. The predicted octanol–water partition coefficient (Wildman–Crippen LogP) is 6.28. The Kier molecular flexibility index (Phi) is 12.3. The van der Waals surface area contributed by atoms with Crippen LogP contribution in [-0.4, -0.2) is 46.0 Å². The van der Waals surface area contributed by atoms with E-state index in [2.05, 4.69) is 45.0 Å². The van der Waals surface area contributed by atoms with Crippen LogP contribution >= 0.6 is 0 Å². The summed E-state index contributed by atoms with van der Waals surface area (Å²) in [4.78, 5) is 13.3. The van der Waals surface area contributed by atoms with Crippen LogP contribution in [0.1, 0.15) is 44.9 Å². The lowest BCUT2D eigenvalue weighted by molar-refractivity contribution is -0.164. The molecule has 0 saturated heterocycles. The molecule has 0 saturated carbocycles. The number of benzene rings is 4. The predicted molar refractivity (Wildman–Crippen MR) is 181 cm³/mol. The maximum absolute atomic E-state index is 13.3. The first kappa shape index (κ1) is 34.3. The summed E-state index contributed by atoms with van der Waals surface area (Å²) in [6.45, 7) is 9.12. The van der Waals surface area contributed by atoms with Gasteiger partial charge in [-0.25, -0.2) is 0 Å². The number of hydrogen-bond acceptors (Lipinski definition) is 6. The zero-order valence-corrected chi connectivity index (χ0v) is 28.0. The Balaban J connectivity index is 1.69. The van der Waals surface area contributed by atoms with Gasteiger partial charge in [-0.1, -0.05) is 149 Å². The van der Waals surface area contributed by atoms with Crippen LogP contribution in [0.4, 0.5) is 0 Å². The molecule has 0 aliphatic rings. The van der Waals surface area contributed by atoms with E-state index in [-0.39, 0.29) is 18.4 Å². The lowest BCUT2D eigenvalue weighted by Crippen LogP contribution is -2.67. The molecule has 0 aliphatic carbocycles. The van der Waals surface area contributed by atoms with Gasteiger partial charge in [0, 0.05) is 5.92 Å². The van der Waals surface area contributed by atoms with Crippen LogP contribution in [0.25, 0.3) is 0 Å². The summed E-state index contributed by atoms with van der Waals surface area (Å²) < 4.78 is 24.8. The molecule has 238 valence electrons. The van der Waals surface area contributed by atoms with Gasteiger partial charge in [0.25, 0.3) is 8.32 Å². The lowest BCUT2D eigenvalue weighted by atomic mass is 9.82. The Morgan fingerprint density at radius 2 is 1.27 bits per heavy atom. The highest BCUT2D eigenvalue weighted by atomic mass is 28.4. The highest BCUT2D eigenvalue weighted by Gasteiger charge is 2.51. The highest BCUT2D eigenvalue weighted by molar-refractivity contribution is 6.99. The molecule has 7 heteroatoms. The van der Waals surface area contributed by atoms with Gasteiger partial charge in [0.15, 0.2) is 0 Å². The summed E-state index contributed by atoms with van der Waals surface area (Å²) >= 11 is 0. The monoisotopic (exact) mass is 626 g/mol. The first-order valence-corrected chi connectivity index (χ1v) is 17.4. The van der Waals surface area contributed by atoms with E-state index in [9.17, 15) is 9.90 Å². The fourth-order valence-electron chi connectivity index (χ4n) is 6.05. The van der Waals surface area contributed by atoms with Gasteiger partial charge >= 0.3 is 5.97 Å². The Hall–Kier alpha value is -3.59. The normalized spacial score (nSPS) is 14.7. The molecule has 6 nitrogen and oxygen atoms in total. The smallest absolute Gasteiger partial charge is 0.312 e. The molecule has 0 fully saturated rings. The van der Waals surface area contributed by atoms with Gasteiger partial charge in [0.2, 0.25) is 0 Å². The van der Waals surface area contributed by atoms with Crippen molar-refractivity contribution in [2.45, 2.75) is 51.5 Å². The quantitative estimate of drug-likeness (QED) is 0.0725. The number of aliphatic hydroxyl groups excluding tert-OH is 1. The van der Waals surface area contributed by atoms with Crippen molar-refractivity contribution in [3.05, 3.63) is 132 Å². The largest absolute Gasteiger partial charge is 0.469 e. The van der Waals surface area contributed by atoms with Gasteiger partial charge in [0.05, 0.1) is 38.4 Å². The van der Waals surface area contributed by atoms with Gasteiger partial charge in [-0.15, -0.1) is 0 Å². The molecular weight excluding hydrogens is 580 g/mol. The van der Waals surface area contributed by atoms with E-state index in [0.717, 1.165) is 15.9 Å². The second-order valence-electron chi connectivity index (χ2n) is 12.4. The van der Waals surface area contributed by atoms with Crippen molar-refractivity contribution in [2.24, 2.45) is 11.8 Å². The molecule has 0 bridgehead atoms. The molecule has 4 aromatic rings. The van der Waals surface area contributed by atoms with E-state index in [1.54, 1.807) is 0 Å². The Labute approximate surface area is 269 Å². The molecule has 0 aromatic heterocycles. The van der Waals surface area contributed by atoms with Crippen molar-refractivity contribution in [3.63, 3.8) is 0 Å². The minimum Gasteiger partial charge on any atom is -0.469 e. The molecule has 0 radical (unpaired) electrons. The average Bonchev–Trinajstić information content (AvgIpc) is 3.07. The minimum absolute atomic E-state index is 0.0106. The van der Waals surface area contributed by atoms with E-state index in [1.807, 2.05) is 104 Å². The van der Waals surface area contributed by atoms with Crippen molar-refractivity contribution in [2.75, 3.05) is 20.5 Å². The third-order valence-corrected chi connectivity index (χ3v) is 13.5. The highest BCUT2D eigenvalue weighted by Crippen LogP contribution is 2.38. The van der Waals surface area contributed by atoms with Crippen LogP contribution in [0.15, 0.2) is 121 Å². The summed E-state index contributed by atoms with van der Waals surface area (Å²) in [5.74, 6) is -1.91. The maximum Gasteiger partial charge on any atom is 0.312 e. The summed E-state index contributed by atoms with van der Waals surface area (Å²) in [5.41, 5.74) is 1.66. The van der Waals surface area contributed by atoms with Gasteiger partial charge in [-0.05, 0) is 26.5 Å². The maximum atomic E-state index is 13.3. The number of carbonyl (C=O) groups is 1. The first-order valence-electron chi connectivity index (χ1n) is 15.5. The molecule has 0 amide bonds. The number of hydrogen-bond donors (Lipinski definition) is 1. The summed E-state index contributed by atoms with van der Waals surface area (Å²) in [6, 6.07) is 39.9. The van der Waals surface area contributed by atoms with E-state index in [0.29, 0.717) is 12.2 Å². The third-order valence-electron chi connectivity index (χ3n) is 8.47. The number of ether oxygens (including phenoxy) is 3. The SMILES string of the molecule is COC(=O)[C@H]([C@H](C)[C@@H](CO[Si](c1ccccc1)(c1ccccc1)C(C)(C)C)OCOCc1ccccc1)[C@H](O)c1ccccc1. The second-order valence-corrected chi connectivity index (χ2v) is 16.7. The van der Waals surface area contributed by atoms with Crippen molar-refractivity contribution >= 4 is 24.7 Å². The summed E-state index contributed by atoms with van der Waals surface area (Å²) in [6.07, 6.45) is -1.71. The van der Waals surface area contributed by atoms with Gasteiger partial charge in [-0.2, -0.15) is 0 Å². The fraction of sp³-hybridized carbons (Fsp3) is 0.342. The van der Waals surface area contributed by atoms with Crippen molar-refractivity contribution in [1.29, 1.82) is 0 Å². The van der Waals surface area contributed by atoms with Gasteiger partial charge in [0.1, 0.15) is 6.79 Å². The first-order chi connectivity index (χ1) is 21.7. The summed E-state index contributed by atoms with van der Waals surface area (Å²) in [5, 5.41) is 13.5. The van der Waals surface area contributed by atoms with Gasteiger partial charge < -0.3 is 23.7 Å². The molecule has 4 atom stereocenters. The van der Waals surface area contributed by atoms with Crippen molar-refractivity contribution in [1.82, 2.24) is 0 Å². The molecule has 45 heavy (non-hydrogen) atoms. The molecule has 0 heterocycles. The van der Waals surface area contributed by atoms with E-state index in [4.69, 9.17) is 18.6 Å². The van der Waals surface area contributed by atoms with Crippen LogP contribution in [0, 0.1) is 11.8 Å². The zero-order chi connectivity index (χ0) is 32.3. The van der Waals surface area contributed by atoms with Crippen LogP contribution in [0.3, 0.4) is 0 Å². The molecule has 0 unspecified atom stereocenters. The topological polar surface area (TPSA) is 74.2 Å². The van der Waals surface area contributed by atoms with Gasteiger partial charge in [-0.3, -0.25) is 4.79 Å². The fourth-order valence-corrected chi connectivity index (χ4v) is 10.6. The summed E-state index contributed by atoms with van der Waals surface area (Å²) in [7, 11) is -1.57. The number of esters is 1. The molecule has 0 spiro atoms. The lowest BCUT2D eigenvalue weighted by Gasteiger charge is -2.44. The van der Waals surface area contributed by atoms with Crippen molar-refractivity contribution in [3.8, 4) is 0 Å². The number of methoxy groups -OCH3 is 1.